The van der Waals surface area contributed by atoms with Crippen LogP contribution in [0, 0.1) is 0 Å². The van der Waals surface area contributed by atoms with Crippen molar-refractivity contribution in [2.75, 3.05) is 34.2 Å². The van der Waals surface area contributed by atoms with Gasteiger partial charge >= 0.3 is 0 Å². The van der Waals surface area contributed by atoms with Gasteiger partial charge in [-0.25, -0.2) is 8.42 Å². The molecule has 0 aliphatic heterocycles. The number of alkyl halides is 1. The summed E-state index contributed by atoms with van der Waals surface area (Å²) < 4.78 is 27.7. The lowest BCUT2D eigenvalue weighted by Gasteiger charge is -2.18. The third-order valence-electron chi connectivity index (χ3n) is 2.79. The first-order chi connectivity index (χ1) is 8.28. The van der Waals surface area contributed by atoms with E-state index in [9.17, 15) is 8.42 Å². The summed E-state index contributed by atoms with van der Waals surface area (Å²) in [5.74, 6) is 0.299. The van der Waals surface area contributed by atoms with Gasteiger partial charge in [-0.3, -0.25) is 0 Å². The molecule has 1 aromatic heterocycles. The summed E-state index contributed by atoms with van der Waals surface area (Å²) in [6.45, 7) is 1.14. The van der Waals surface area contributed by atoms with Crippen LogP contribution in [0.4, 0.5) is 0 Å². The van der Waals surface area contributed by atoms with Crippen LogP contribution in [0.25, 0.3) is 0 Å². The molecule has 18 heavy (non-hydrogen) atoms. The zero-order valence-corrected chi connectivity index (χ0v) is 12.8. The maximum atomic E-state index is 12.3. The van der Waals surface area contributed by atoms with Gasteiger partial charge in [-0.05, 0) is 20.2 Å². The molecule has 0 atom stereocenters. The van der Waals surface area contributed by atoms with Crippen LogP contribution in [0.5, 0.6) is 0 Å². The monoisotopic (exact) mass is 293 g/mol. The van der Waals surface area contributed by atoms with Crippen LogP contribution in [0.2, 0.25) is 0 Å². The number of likely N-dealkylation sites (N-methyl/N-ethyl adjacent to an activating group) is 2. The van der Waals surface area contributed by atoms with Gasteiger partial charge in [0.15, 0.2) is 0 Å². The molecule has 0 aliphatic rings. The fourth-order valence-corrected chi connectivity index (χ4v) is 3.02. The van der Waals surface area contributed by atoms with Crippen LogP contribution < -0.4 is 0 Å². The molecule has 0 fully saturated rings. The van der Waals surface area contributed by atoms with Crippen molar-refractivity contribution in [3.63, 3.8) is 0 Å². The van der Waals surface area contributed by atoms with Crippen molar-refractivity contribution in [1.82, 2.24) is 13.8 Å². The molecule has 0 spiro atoms. The second-order valence-corrected chi connectivity index (χ2v) is 6.85. The summed E-state index contributed by atoms with van der Waals surface area (Å²) in [4.78, 5) is 2.24. The van der Waals surface area contributed by atoms with E-state index in [2.05, 4.69) is 0 Å². The van der Waals surface area contributed by atoms with Crippen molar-refractivity contribution in [2.45, 2.75) is 10.8 Å². The van der Waals surface area contributed by atoms with Crippen LogP contribution in [-0.4, -0.2) is 56.4 Å². The first-order valence-electron chi connectivity index (χ1n) is 5.61. The Balaban J connectivity index is 2.91. The minimum absolute atomic E-state index is 0.293. The third-order valence-corrected chi connectivity index (χ3v) is 4.89. The summed E-state index contributed by atoms with van der Waals surface area (Å²) in [6.07, 6.45) is 1.60. The van der Waals surface area contributed by atoms with Crippen LogP contribution >= 0.6 is 11.6 Å². The highest BCUT2D eigenvalue weighted by molar-refractivity contribution is 7.89. The Bertz CT molecular complexity index is 496. The molecule has 0 unspecified atom stereocenters. The summed E-state index contributed by atoms with van der Waals surface area (Å²) in [5.41, 5.74) is 0.788. The van der Waals surface area contributed by atoms with E-state index < -0.39 is 10.0 Å². The number of sulfonamides is 1. The number of aryl methyl sites for hydroxylation is 1. The minimum atomic E-state index is -3.42. The number of hydrogen-bond donors (Lipinski definition) is 0. The lowest BCUT2D eigenvalue weighted by atomic mass is 10.5. The van der Waals surface area contributed by atoms with Gasteiger partial charge < -0.3 is 9.47 Å². The summed E-state index contributed by atoms with van der Waals surface area (Å²) in [5, 5.41) is 0. The molecule has 0 bridgehead atoms. The Morgan fingerprint density at radius 3 is 2.33 bits per heavy atom. The smallest absolute Gasteiger partial charge is 0.244 e. The number of halogens is 1. The molecule has 0 amide bonds. The van der Waals surface area contributed by atoms with E-state index in [1.807, 2.05) is 19.0 Å². The zero-order valence-electron chi connectivity index (χ0n) is 11.2. The van der Waals surface area contributed by atoms with E-state index in [1.165, 1.54) is 4.31 Å². The Hall–Kier alpha value is -0.560. The minimum Gasteiger partial charge on any atom is -0.352 e. The first kappa shape index (κ1) is 15.5. The van der Waals surface area contributed by atoms with Crippen LogP contribution in [-0.2, 0) is 23.0 Å². The molecule has 1 aromatic rings. The van der Waals surface area contributed by atoms with Crippen molar-refractivity contribution in [2.24, 2.45) is 7.05 Å². The highest BCUT2D eigenvalue weighted by Crippen LogP contribution is 2.18. The van der Waals surface area contributed by atoms with E-state index in [0.717, 1.165) is 5.69 Å². The van der Waals surface area contributed by atoms with Crippen LogP contribution in [0.15, 0.2) is 17.2 Å². The van der Waals surface area contributed by atoms with Gasteiger partial charge in [0.2, 0.25) is 10.0 Å². The van der Waals surface area contributed by atoms with Crippen LogP contribution in [0.3, 0.4) is 0 Å². The average molecular weight is 294 g/mol. The number of nitrogens with zero attached hydrogens (tertiary/aromatic N) is 3. The number of aromatic nitrogens is 1. The quantitative estimate of drug-likeness (QED) is 0.734. The lowest BCUT2D eigenvalue weighted by Crippen LogP contribution is -2.33. The molecule has 0 radical (unpaired) electrons. The molecule has 0 aliphatic carbocycles. The predicted molar refractivity (Wildman–Crippen MR) is 73.3 cm³/mol. The van der Waals surface area contributed by atoms with Gasteiger partial charge in [0, 0.05) is 39.1 Å². The molecule has 104 valence electrons. The molecule has 5 nitrogen and oxygen atoms in total. The normalized spacial score (nSPS) is 12.6. The number of hydrogen-bond acceptors (Lipinski definition) is 3. The first-order valence-corrected chi connectivity index (χ1v) is 7.58. The van der Waals surface area contributed by atoms with Gasteiger partial charge in [0.25, 0.3) is 0 Å². The molecular weight excluding hydrogens is 274 g/mol. The van der Waals surface area contributed by atoms with E-state index in [4.69, 9.17) is 11.6 Å². The largest absolute Gasteiger partial charge is 0.352 e. The summed E-state index contributed by atoms with van der Waals surface area (Å²) >= 11 is 5.74. The molecule has 1 rings (SSSR count). The fraction of sp³-hybridized carbons (Fsp3) is 0.636. The van der Waals surface area contributed by atoms with E-state index in [-0.39, 0.29) is 0 Å². The van der Waals surface area contributed by atoms with Crippen LogP contribution in [0.1, 0.15) is 5.69 Å². The van der Waals surface area contributed by atoms with Gasteiger partial charge in [-0.1, -0.05) is 0 Å². The number of rotatable bonds is 6. The highest BCUT2D eigenvalue weighted by Gasteiger charge is 2.22. The molecule has 0 saturated heterocycles. The summed E-state index contributed by atoms with van der Waals surface area (Å²) in [7, 11) is 3.78. The van der Waals surface area contributed by atoms with Crippen molar-refractivity contribution >= 4 is 21.6 Å². The topological polar surface area (TPSA) is 45.6 Å². The highest BCUT2D eigenvalue weighted by atomic mass is 35.5. The van der Waals surface area contributed by atoms with E-state index >= 15 is 0 Å². The Morgan fingerprint density at radius 2 is 1.89 bits per heavy atom. The third kappa shape index (κ3) is 3.47. The standard InChI is InChI=1S/C11H20ClN3O2S/c1-13(2)5-6-15(4)18(16,17)11-7-10(8-12)14(3)9-11/h7,9H,5-6,8H2,1-4H3. The van der Waals surface area contributed by atoms with Gasteiger partial charge in [0.05, 0.1) is 5.88 Å². The van der Waals surface area contributed by atoms with Crippen molar-refractivity contribution in [1.29, 1.82) is 0 Å². The average Bonchev–Trinajstić information content (AvgIpc) is 2.67. The van der Waals surface area contributed by atoms with Gasteiger partial charge in [-0.2, -0.15) is 4.31 Å². The van der Waals surface area contributed by atoms with Gasteiger partial charge in [-0.15, -0.1) is 11.6 Å². The molecule has 7 heteroatoms. The van der Waals surface area contributed by atoms with E-state index in [1.54, 1.807) is 30.9 Å². The zero-order chi connectivity index (χ0) is 13.9. The second kappa shape index (κ2) is 6.06. The Morgan fingerprint density at radius 1 is 1.28 bits per heavy atom. The lowest BCUT2D eigenvalue weighted by molar-refractivity contribution is 0.358. The maximum absolute atomic E-state index is 12.3. The SMILES string of the molecule is CN(C)CCN(C)S(=O)(=O)c1cc(CCl)n(C)c1. The fourth-order valence-electron chi connectivity index (χ4n) is 1.49. The van der Waals surface area contributed by atoms with Crippen molar-refractivity contribution in [3.8, 4) is 0 Å². The molecule has 1 heterocycles. The Labute approximate surface area is 114 Å². The molecule has 0 N–H and O–H groups in total. The predicted octanol–water partition coefficient (Wildman–Crippen LogP) is 0.946. The molecular formula is C11H20ClN3O2S. The van der Waals surface area contributed by atoms with Crippen molar-refractivity contribution < 1.29 is 8.42 Å². The van der Waals surface area contributed by atoms with Gasteiger partial charge in [0.1, 0.15) is 4.90 Å². The van der Waals surface area contributed by atoms with Crippen molar-refractivity contribution in [3.05, 3.63) is 18.0 Å². The maximum Gasteiger partial charge on any atom is 0.244 e. The van der Waals surface area contributed by atoms with E-state index in [0.29, 0.717) is 23.9 Å². The summed E-state index contributed by atoms with van der Waals surface area (Å²) in [6, 6.07) is 1.62. The Kier molecular flexibility index (Phi) is 5.21. The molecule has 0 aromatic carbocycles. The second-order valence-electron chi connectivity index (χ2n) is 4.54. The molecule has 0 saturated carbocycles.